The van der Waals surface area contributed by atoms with Crippen molar-refractivity contribution < 1.29 is 0 Å². The number of fused-ring (bicyclic) bond motifs is 1. The maximum atomic E-state index is 6.17. The van der Waals surface area contributed by atoms with Gasteiger partial charge in [0.2, 0.25) is 0 Å². The number of benzene rings is 2. The standard InChI is InChI=1S/C20H16ClN3/c21-16-3-1-2-15(10-16)18-12-24-20-19(18)17(8-9-23-20)14-6-4-13(11-22)5-7-14/h1-10,12H,11,22H2,(H,23,24). The van der Waals surface area contributed by atoms with Crippen LogP contribution in [0.1, 0.15) is 5.56 Å². The Bertz CT molecular complexity index is 1000. The third-order valence-corrected chi connectivity index (χ3v) is 4.44. The number of aromatic nitrogens is 2. The molecule has 0 spiro atoms. The van der Waals surface area contributed by atoms with Crippen LogP contribution in [0.4, 0.5) is 0 Å². The third kappa shape index (κ3) is 2.58. The lowest BCUT2D eigenvalue weighted by atomic mass is 9.97. The molecule has 2 aromatic heterocycles. The Morgan fingerprint density at radius 1 is 0.958 bits per heavy atom. The van der Waals surface area contributed by atoms with E-state index in [1.165, 1.54) is 0 Å². The zero-order chi connectivity index (χ0) is 16.5. The Morgan fingerprint density at radius 2 is 1.79 bits per heavy atom. The van der Waals surface area contributed by atoms with Gasteiger partial charge in [0.25, 0.3) is 0 Å². The topological polar surface area (TPSA) is 54.7 Å². The maximum Gasteiger partial charge on any atom is 0.138 e. The first-order valence-electron chi connectivity index (χ1n) is 7.77. The fourth-order valence-corrected chi connectivity index (χ4v) is 3.19. The second-order valence-corrected chi connectivity index (χ2v) is 6.13. The van der Waals surface area contributed by atoms with E-state index < -0.39 is 0 Å². The van der Waals surface area contributed by atoms with Crippen molar-refractivity contribution in [2.45, 2.75) is 6.54 Å². The predicted molar refractivity (Wildman–Crippen MR) is 99.9 cm³/mol. The number of pyridine rings is 1. The van der Waals surface area contributed by atoms with Crippen molar-refractivity contribution in [3.8, 4) is 22.3 Å². The van der Waals surface area contributed by atoms with Crippen LogP contribution in [0.25, 0.3) is 33.3 Å². The van der Waals surface area contributed by atoms with Crippen LogP contribution in [-0.4, -0.2) is 9.97 Å². The molecule has 4 aromatic rings. The molecule has 24 heavy (non-hydrogen) atoms. The van der Waals surface area contributed by atoms with Crippen molar-refractivity contribution in [3.63, 3.8) is 0 Å². The molecule has 0 radical (unpaired) electrons. The molecule has 0 bridgehead atoms. The average molecular weight is 334 g/mol. The van der Waals surface area contributed by atoms with E-state index in [0.717, 1.165) is 43.9 Å². The lowest BCUT2D eigenvalue weighted by Crippen LogP contribution is -1.95. The van der Waals surface area contributed by atoms with Crippen molar-refractivity contribution in [1.82, 2.24) is 9.97 Å². The van der Waals surface area contributed by atoms with Gasteiger partial charge < -0.3 is 10.7 Å². The van der Waals surface area contributed by atoms with Crippen molar-refractivity contribution in [2.24, 2.45) is 5.73 Å². The van der Waals surface area contributed by atoms with Gasteiger partial charge in [0.15, 0.2) is 0 Å². The molecule has 2 heterocycles. The van der Waals surface area contributed by atoms with Gasteiger partial charge in [-0.2, -0.15) is 0 Å². The Balaban J connectivity index is 1.94. The number of hydrogen-bond acceptors (Lipinski definition) is 2. The highest BCUT2D eigenvalue weighted by Crippen LogP contribution is 2.36. The van der Waals surface area contributed by atoms with Gasteiger partial charge in [-0.05, 0) is 40.5 Å². The number of aromatic amines is 1. The minimum Gasteiger partial charge on any atom is -0.345 e. The van der Waals surface area contributed by atoms with Gasteiger partial charge in [-0.15, -0.1) is 0 Å². The van der Waals surface area contributed by atoms with Gasteiger partial charge in [0, 0.05) is 34.9 Å². The number of hydrogen-bond donors (Lipinski definition) is 2. The number of nitrogens with two attached hydrogens (primary N) is 1. The van der Waals surface area contributed by atoms with E-state index in [0.29, 0.717) is 6.54 Å². The van der Waals surface area contributed by atoms with Crippen LogP contribution in [0.15, 0.2) is 67.0 Å². The summed E-state index contributed by atoms with van der Waals surface area (Å²) in [5, 5.41) is 1.82. The van der Waals surface area contributed by atoms with Gasteiger partial charge in [-0.25, -0.2) is 4.98 Å². The highest BCUT2D eigenvalue weighted by atomic mass is 35.5. The third-order valence-electron chi connectivity index (χ3n) is 4.21. The van der Waals surface area contributed by atoms with E-state index in [1.54, 1.807) is 0 Å². The molecule has 118 valence electrons. The second kappa shape index (κ2) is 6.11. The smallest absolute Gasteiger partial charge is 0.138 e. The van der Waals surface area contributed by atoms with Gasteiger partial charge in [0.05, 0.1) is 0 Å². The monoisotopic (exact) mass is 333 g/mol. The predicted octanol–water partition coefficient (Wildman–Crippen LogP) is 5.01. The summed E-state index contributed by atoms with van der Waals surface area (Å²) in [5.74, 6) is 0. The van der Waals surface area contributed by atoms with Gasteiger partial charge in [-0.3, -0.25) is 0 Å². The van der Waals surface area contributed by atoms with E-state index in [9.17, 15) is 0 Å². The van der Waals surface area contributed by atoms with Crippen molar-refractivity contribution in [3.05, 3.63) is 77.6 Å². The van der Waals surface area contributed by atoms with E-state index in [-0.39, 0.29) is 0 Å². The molecule has 0 saturated carbocycles. The molecule has 0 fully saturated rings. The Labute approximate surface area is 145 Å². The molecule has 0 unspecified atom stereocenters. The molecule has 0 aliphatic heterocycles. The van der Waals surface area contributed by atoms with Gasteiger partial charge >= 0.3 is 0 Å². The summed E-state index contributed by atoms with van der Waals surface area (Å²) in [4.78, 5) is 7.73. The molecule has 0 aliphatic carbocycles. The van der Waals surface area contributed by atoms with E-state index >= 15 is 0 Å². The molecular formula is C20H16ClN3. The van der Waals surface area contributed by atoms with Crippen LogP contribution in [0, 0.1) is 0 Å². The van der Waals surface area contributed by atoms with Crippen LogP contribution < -0.4 is 5.73 Å². The maximum absolute atomic E-state index is 6.17. The summed E-state index contributed by atoms with van der Waals surface area (Å²) >= 11 is 6.17. The summed E-state index contributed by atoms with van der Waals surface area (Å²) in [6, 6.07) is 18.2. The minimum atomic E-state index is 0.546. The number of H-pyrrole nitrogens is 1. The summed E-state index contributed by atoms with van der Waals surface area (Å²) in [7, 11) is 0. The molecular weight excluding hydrogens is 318 g/mol. The van der Waals surface area contributed by atoms with E-state index in [4.69, 9.17) is 17.3 Å². The van der Waals surface area contributed by atoms with Crippen molar-refractivity contribution in [1.29, 1.82) is 0 Å². The fraction of sp³-hybridized carbons (Fsp3) is 0.0500. The molecule has 0 aliphatic rings. The molecule has 0 saturated heterocycles. The Morgan fingerprint density at radius 3 is 2.54 bits per heavy atom. The van der Waals surface area contributed by atoms with E-state index in [2.05, 4.69) is 40.3 Å². The molecule has 4 heteroatoms. The largest absolute Gasteiger partial charge is 0.345 e. The summed E-state index contributed by atoms with van der Waals surface area (Å²) < 4.78 is 0. The number of nitrogens with zero attached hydrogens (tertiary/aromatic N) is 1. The van der Waals surface area contributed by atoms with Crippen molar-refractivity contribution >= 4 is 22.6 Å². The molecule has 4 rings (SSSR count). The average Bonchev–Trinajstić information content (AvgIpc) is 3.06. The van der Waals surface area contributed by atoms with Crippen LogP contribution in [0.3, 0.4) is 0 Å². The second-order valence-electron chi connectivity index (χ2n) is 5.70. The first-order valence-corrected chi connectivity index (χ1v) is 8.15. The first kappa shape index (κ1) is 14.9. The Kier molecular flexibility index (Phi) is 3.81. The van der Waals surface area contributed by atoms with Gasteiger partial charge in [-0.1, -0.05) is 48.0 Å². The molecule has 3 N–H and O–H groups in total. The van der Waals surface area contributed by atoms with E-state index in [1.807, 2.05) is 36.7 Å². The lowest BCUT2D eigenvalue weighted by Gasteiger charge is -2.08. The minimum absolute atomic E-state index is 0.546. The van der Waals surface area contributed by atoms with Gasteiger partial charge in [0.1, 0.15) is 5.65 Å². The quantitative estimate of drug-likeness (QED) is 0.553. The van der Waals surface area contributed by atoms with Crippen LogP contribution in [0.5, 0.6) is 0 Å². The number of rotatable bonds is 3. The number of halogens is 1. The zero-order valence-electron chi connectivity index (χ0n) is 13.0. The molecule has 2 aromatic carbocycles. The summed E-state index contributed by atoms with van der Waals surface area (Å²) in [5.41, 5.74) is 12.1. The SMILES string of the molecule is NCc1ccc(-c2ccnc3[nH]cc(-c4cccc(Cl)c4)c23)cc1. The Hall–Kier alpha value is -2.62. The molecule has 3 nitrogen and oxygen atoms in total. The molecule has 0 atom stereocenters. The van der Waals surface area contributed by atoms with Crippen LogP contribution in [-0.2, 0) is 6.54 Å². The van der Waals surface area contributed by atoms with Crippen LogP contribution >= 0.6 is 11.6 Å². The molecule has 0 amide bonds. The lowest BCUT2D eigenvalue weighted by molar-refractivity contribution is 1.07. The zero-order valence-corrected chi connectivity index (χ0v) is 13.7. The number of nitrogens with one attached hydrogen (secondary N) is 1. The highest BCUT2D eigenvalue weighted by Gasteiger charge is 2.13. The summed E-state index contributed by atoms with van der Waals surface area (Å²) in [6.07, 6.45) is 3.81. The van der Waals surface area contributed by atoms with Crippen LogP contribution in [0.2, 0.25) is 5.02 Å². The fourth-order valence-electron chi connectivity index (χ4n) is 3.00. The normalized spacial score (nSPS) is 11.1. The highest BCUT2D eigenvalue weighted by molar-refractivity contribution is 6.31. The summed E-state index contributed by atoms with van der Waals surface area (Å²) in [6.45, 7) is 0.546. The van der Waals surface area contributed by atoms with Crippen molar-refractivity contribution in [2.75, 3.05) is 0 Å². The first-order chi connectivity index (χ1) is 11.8.